The van der Waals surface area contributed by atoms with Crippen LogP contribution in [0.3, 0.4) is 0 Å². The first kappa shape index (κ1) is 14.2. The molecule has 2 aromatic carbocycles. The van der Waals surface area contributed by atoms with Crippen molar-refractivity contribution in [1.82, 2.24) is 0 Å². The van der Waals surface area contributed by atoms with Gasteiger partial charge in [-0.3, -0.25) is 14.9 Å². The van der Waals surface area contributed by atoms with E-state index in [1.54, 1.807) is 13.1 Å². The number of aliphatic imine (C=N–C) groups is 1. The van der Waals surface area contributed by atoms with Gasteiger partial charge in [0.15, 0.2) is 0 Å². The van der Waals surface area contributed by atoms with Crippen molar-refractivity contribution in [3.8, 4) is 0 Å². The van der Waals surface area contributed by atoms with Crippen LogP contribution in [0.15, 0.2) is 47.5 Å². The summed E-state index contributed by atoms with van der Waals surface area (Å²) < 4.78 is 0. The number of rotatable bonds is 2. The first-order valence-corrected chi connectivity index (χ1v) is 6.77. The number of hydrogen-bond acceptors (Lipinski definition) is 4. The van der Waals surface area contributed by atoms with Gasteiger partial charge in [-0.25, -0.2) is 4.99 Å². The number of fused-ring (bicyclic) bond motifs is 1. The van der Waals surface area contributed by atoms with Crippen LogP contribution >= 0.6 is 11.6 Å². The Morgan fingerprint density at radius 3 is 2.68 bits per heavy atom. The summed E-state index contributed by atoms with van der Waals surface area (Å²) in [5.74, 6) is -0.251. The van der Waals surface area contributed by atoms with E-state index in [0.29, 0.717) is 11.3 Å². The van der Waals surface area contributed by atoms with Gasteiger partial charge in [0, 0.05) is 18.7 Å². The third-order valence-corrected chi connectivity index (χ3v) is 3.71. The molecule has 0 spiro atoms. The van der Waals surface area contributed by atoms with E-state index in [9.17, 15) is 14.9 Å². The Kier molecular flexibility index (Phi) is 3.38. The number of benzene rings is 2. The van der Waals surface area contributed by atoms with Crippen LogP contribution in [0.2, 0.25) is 5.02 Å². The molecule has 1 aliphatic heterocycles. The number of nitrogens with zero attached hydrogens (tertiary/aromatic N) is 3. The molecule has 0 fully saturated rings. The second-order valence-corrected chi connectivity index (χ2v) is 5.14. The van der Waals surface area contributed by atoms with E-state index in [2.05, 4.69) is 4.99 Å². The van der Waals surface area contributed by atoms with Crippen LogP contribution in [0.1, 0.15) is 5.56 Å². The van der Waals surface area contributed by atoms with Crippen LogP contribution in [-0.2, 0) is 4.79 Å². The minimum absolute atomic E-state index is 0.0317. The van der Waals surface area contributed by atoms with Gasteiger partial charge < -0.3 is 4.90 Å². The molecule has 1 heterocycles. The Bertz CT molecular complexity index is 833. The quantitative estimate of drug-likeness (QED) is 0.630. The molecule has 6 nitrogen and oxygen atoms in total. The van der Waals surface area contributed by atoms with Gasteiger partial charge in [0.05, 0.1) is 16.3 Å². The highest BCUT2D eigenvalue weighted by Crippen LogP contribution is 2.32. The molecule has 0 saturated heterocycles. The number of nitro groups is 1. The van der Waals surface area contributed by atoms with Gasteiger partial charge >= 0.3 is 0 Å². The summed E-state index contributed by atoms with van der Waals surface area (Å²) in [5, 5.41) is 11.0. The maximum atomic E-state index is 12.3. The van der Waals surface area contributed by atoms with E-state index in [1.807, 2.05) is 18.2 Å². The Morgan fingerprint density at radius 1 is 1.23 bits per heavy atom. The molecular formula is C15H10ClN3O3. The van der Waals surface area contributed by atoms with Gasteiger partial charge in [0.2, 0.25) is 0 Å². The van der Waals surface area contributed by atoms with Crippen molar-refractivity contribution < 1.29 is 9.72 Å². The average Bonchev–Trinajstić information content (AvgIpc) is 2.74. The van der Waals surface area contributed by atoms with Crippen LogP contribution in [0.5, 0.6) is 0 Å². The maximum Gasteiger partial charge on any atom is 0.290 e. The fraction of sp³-hybridized carbons (Fsp3) is 0.0667. The monoisotopic (exact) mass is 315 g/mol. The van der Waals surface area contributed by atoms with Crippen molar-refractivity contribution in [2.75, 3.05) is 11.9 Å². The third kappa shape index (κ3) is 2.23. The number of anilines is 1. The summed E-state index contributed by atoms with van der Waals surface area (Å²) in [6.07, 6.45) is 0. The van der Waals surface area contributed by atoms with E-state index in [0.717, 1.165) is 5.69 Å². The molecule has 0 radical (unpaired) electrons. The predicted molar refractivity (Wildman–Crippen MR) is 84.2 cm³/mol. The summed E-state index contributed by atoms with van der Waals surface area (Å²) in [5.41, 5.74) is 1.79. The second-order valence-electron chi connectivity index (χ2n) is 4.73. The molecule has 0 aromatic heterocycles. The molecule has 110 valence electrons. The van der Waals surface area contributed by atoms with Gasteiger partial charge in [-0.05, 0) is 18.2 Å². The summed E-state index contributed by atoms with van der Waals surface area (Å²) in [7, 11) is 1.66. The van der Waals surface area contributed by atoms with Crippen molar-refractivity contribution in [2.45, 2.75) is 0 Å². The molecule has 0 atom stereocenters. The minimum Gasteiger partial charge on any atom is -0.309 e. The number of carbonyl (C=O) groups is 1. The summed E-state index contributed by atoms with van der Waals surface area (Å²) >= 11 is 5.78. The zero-order valence-electron chi connectivity index (χ0n) is 11.5. The van der Waals surface area contributed by atoms with Crippen molar-refractivity contribution in [2.24, 2.45) is 4.99 Å². The lowest BCUT2D eigenvalue weighted by Gasteiger charge is -2.07. The lowest BCUT2D eigenvalue weighted by molar-refractivity contribution is -0.384. The first-order valence-electron chi connectivity index (χ1n) is 6.39. The molecule has 0 N–H and O–H groups in total. The van der Waals surface area contributed by atoms with Gasteiger partial charge in [-0.15, -0.1) is 0 Å². The van der Waals surface area contributed by atoms with E-state index >= 15 is 0 Å². The largest absolute Gasteiger partial charge is 0.309 e. The fourth-order valence-electron chi connectivity index (χ4n) is 2.30. The number of nitro benzene ring substituents is 1. The Labute approximate surface area is 130 Å². The maximum absolute atomic E-state index is 12.3. The SMILES string of the molecule is CN1C(=O)C(=Nc2ccc(Cl)c([N+](=O)[O-])c2)c2ccccc21. The highest BCUT2D eigenvalue weighted by Gasteiger charge is 2.31. The van der Waals surface area contributed by atoms with E-state index in [-0.39, 0.29) is 22.3 Å². The average molecular weight is 316 g/mol. The summed E-state index contributed by atoms with van der Waals surface area (Å²) in [6.45, 7) is 0. The molecule has 1 amide bonds. The molecule has 0 saturated carbocycles. The Morgan fingerprint density at radius 2 is 1.95 bits per heavy atom. The molecule has 1 aliphatic rings. The smallest absolute Gasteiger partial charge is 0.290 e. The molecule has 0 bridgehead atoms. The van der Waals surface area contributed by atoms with Gasteiger partial charge in [-0.2, -0.15) is 0 Å². The number of halogens is 1. The lowest BCUT2D eigenvalue weighted by Crippen LogP contribution is -2.25. The number of para-hydroxylation sites is 1. The number of amides is 1. The Hall–Kier alpha value is -2.73. The topological polar surface area (TPSA) is 75.8 Å². The first-order chi connectivity index (χ1) is 10.5. The zero-order valence-corrected chi connectivity index (χ0v) is 12.2. The number of likely N-dealkylation sites (N-methyl/N-ethyl adjacent to an activating group) is 1. The van der Waals surface area contributed by atoms with Crippen molar-refractivity contribution in [1.29, 1.82) is 0 Å². The van der Waals surface area contributed by atoms with Crippen LogP contribution in [0.4, 0.5) is 17.1 Å². The second kappa shape index (κ2) is 5.23. The summed E-state index contributed by atoms with van der Waals surface area (Å²) in [4.78, 5) is 28.4. The van der Waals surface area contributed by atoms with Crippen LogP contribution in [0.25, 0.3) is 0 Å². The van der Waals surface area contributed by atoms with Crippen molar-refractivity contribution in [3.63, 3.8) is 0 Å². The molecule has 22 heavy (non-hydrogen) atoms. The lowest BCUT2D eigenvalue weighted by atomic mass is 10.1. The standard InChI is InChI=1S/C15H10ClN3O3/c1-18-12-5-3-2-4-10(12)14(15(18)20)17-9-6-7-11(16)13(8-9)19(21)22/h2-8H,1H3. The minimum atomic E-state index is -0.581. The van der Waals surface area contributed by atoms with E-state index in [4.69, 9.17) is 11.6 Å². The number of hydrogen-bond donors (Lipinski definition) is 0. The predicted octanol–water partition coefficient (Wildman–Crippen LogP) is 3.35. The highest BCUT2D eigenvalue weighted by molar-refractivity contribution is 6.54. The van der Waals surface area contributed by atoms with Crippen molar-refractivity contribution >= 4 is 40.3 Å². The zero-order chi connectivity index (χ0) is 15.9. The van der Waals surface area contributed by atoms with Crippen molar-refractivity contribution in [3.05, 3.63) is 63.2 Å². The van der Waals surface area contributed by atoms with Gasteiger partial charge in [0.25, 0.3) is 11.6 Å². The molecule has 0 aliphatic carbocycles. The summed E-state index contributed by atoms with van der Waals surface area (Å²) in [6, 6.07) is 11.4. The van der Waals surface area contributed by atoms with Gasteiger partial charge in [0.1, 0.15) is 10.7 Å². The fourth-order valence-corrected chi connectivity index (χ4v) is 2.48. The number of carbonyl (C=O) groups excluding carboxylic acids is 1. The molecule has 2 aromatic rings. The van der Waals surface area contributed by atoms with Crippen LogP contribution < -0.4 is 4.90 Å². The van der Waals surface area contributed by atoms with Crippen LogP contribution in [0, 0.1) is 10.1 Å². The third-order valence-electron chi connectivity index (χ3n) is 3.40. The molecular weight excluding hydrogens is 306 g/mol. The molecule has 7 heteroatoms. The molecule has 0 unspecified atom stereocenters. The van der Waals surface area contributed by atoms with Crippen LogP contribution in [-0.4, -0.2) is 23.6 Å². The molecule has 3 rings (SSSR count). The van der Waals surface area contributed by atoms with E-state index < -0.39 is 4.92 Å². The van der Waals surface area contributed by atoms with Gasteiger partial charge in [-0.1, -0.05) is 29.8 Å². The Balaban J connectivity index is 2.12. The normalized spacial score (nSPS) is 15.3. The van der Waals surface area contributed by atoms with E-state index in [1.165, 1.54) is 23.1 Å². The highest BCUT2D eigenvalue weighted by atomic mass is 35.5.